The minimum Gasteiger partial charge on any atom is -0.504 e. The number of nitrogens with one attached hydrogen (secondary N) is 1. The van der Waals surface area contributed by atoms with Crippen LogP contribution in [0.2, 0.25) is 0 Å². The number of rotatable bonds is 4. The lowest BCUT2D eigenvalue weighted by Gasteiger charge is -2.36. The number of piperazine rings is 1. The van der Waals surface area contributed by atoms with Crippen molar-refractivity contribution >= 4 is 40.7 Å². The Kier molecular flexibility index (Phi) is 7.75. The average molecular weight is 414 g/mol. The zero-order valence-corrected chi connectivity index (χ0v) is 15.8. The van der Waals surface area contributed by atoms with Gasteiger partial charge in [0.2, 0.25) is 0 Å². The first-order chi connectivity index (χ1) is 9.72. The quantitative estimate of drug-likeness (QED) is 0.794. The summed E-state index contributed by atoms with van der Waals surface area (Å²) in [6.45, 7) is 4.10. The second kappa shape index (κ2) is 8.60. The number of benzene rings is 1. The summed E-state index contributed by atoms with van der Waals surface area (Å²) in [7, 11) is 1.60. The van der Waals surface area contributed by atoms with Crippen LogP contribution in [-0.2, 0) is 0 Å². The van der Waals surface area contributed by atoms with Crippen LogP contribution in [0.5, 0.6) is 11.5 Å². The minimum atomic E-state index is 0. The molecule has 126 valence electrons. The molecule has 0 spiro atoms. The molecule has 0 bridgehead atoms. The summed E-state index contributed by atoms with van der Waals surface area (Å²) in [5.74, 6) is 1.50. The fourth-order valence-corrected chi connectivity index (χ4v) is 3.65. The van der Waals surface area contributed by atoms with Crippen molar-refractivity contribution in [2.75, 3.05) is 33.3 Å². The van der Waals surface area contributed by atoms with Crippen molar-refractivity contribution in [1.82, 2.24) is 10.2 Å². The van der Waals surface area contributed by atoms with E-state index in [2.05, 4.69) is 26.1 Å². The standard InChI is InChI=1S/C15H21BrN2O2.2ClH/c1-20-12-5-4-11(16)13(15(12)19)14(10-2-3-10)18-8-6-17-7-9-18;;/h4-5,10,14,17,19H,2-3,6-9H2,1H3;2*1H/t14-;;/m1../s1. The Morgan fingerprint density at radius 2 is 1.91 bits per heavy atom. The van der Waals surface area contributed by atoms with Crippen LogP contribution in [0.1, 0.15) is 24.4 Å². The van der Waals surface area contributed by atoms with Gasteiger partial charge in [-0.2, -0.15) is 0 Å². The van der Waals surface area contributed by atoms with E-state index in [0.29, 0.717) is 17.7 Å². The first-order valence-electron chi connectivity index (χ1n) is 7.22. The first-order valence-corrected chi connectivity index (χ1v) is 8.01. The van der Waals surface area contributed by atoms with Gasteiger partial charge in [-0.15, -0.1) is 24.8 Å². The van der Waals surface area contributed by atoms with Gasteiger partial charge in [-0.1, -0.05) is 15.9 Å². The van der Waals surface area contributed by atoms with Gasteiger partial charge >= 0.3 is 0 Å². The van der Waals surface area contributed by atoms with Crippen molar-refractivity contribution in [1.29, 1.82) is 0 Å². The largest absolute Gasteiger partial charge is 0.504 e. The Morgan fingerprint density at radius 3 is 2.45 bits per heavy atom. The maximum atomic E-state index is 10.6. The second-order valence-electron chi connectivity index (χ2n) is 5.58. The molecule has 0 radical (unpaired) electrons. The number of methoxy groups -OCH3 is 1. The molecule has 3 rings (SSSR count). The third-order valence-electron chi connectivity index (χ3n) is 4.26. The molecule has 2 fully saturated rings. The Labute approximate surface area is 152 Å². The van der Waals surface area contributed by atoms with Gasteiger partial charge in [0.05, 0.1) is 7.11 Å². The highest BCUT2D eigenvalue weighted by Gasteiger charge is 2.39. The molecular formula is C15H23BrCl2N2O2. The van der Waals surface area contributed by atoms with Crippen molar-refractivity contribution in [3.63, 3.8) is 0 Å². The van der Waals surface area contributed by atoms with Gasteiger partial charge < -0.3 is 15.2 Å². The number of halogens is 3. The van der Waals surface area contributed by atoms with Crippen molar-refractivity contribution in [2.24, 2.45) is 5.92 Å². The Balaban J connectivity index is 0.00000121. The summed E-state index contributed by atoms with van der Waals surface area (Å²) in [6, 6.07) is 4.08. The van der Waals surface area contributed by atoms with E-state index >= 15 is 0 Å². The molecule has 7 heteroatoms. The zero-order valence-electron chi connectivity index (χ0n) is 12.5. The van der Waals surface area contributed by atoms with Crippen LogP contribution in [0.15, 0.2) is 16.6 Å². The molecule has 0 aromatic heterocycles. The predicted molar refractivity (Wildman–Crippen MR) is 96.8 cm³/mol. The molecule has 1 atom stereocenters. The molecule has 1 heterocycles. The monoisotopic (exact) mass is 412 g/mol. The summed E-state index contributed by atoms with van der Waals surface area (Å²) >= 11 is 3.62. The van der Waals surface area contributed by atoms with Gasteiger partial charge in [0.15, 0.2) is 11.5 Å². The molecule has 1 aliphatic carbocycles. The topological polar surface area (TPSA) is 44.7 Å². The smallest absolute Gasteiger partial charge is 0.163 e. The molecule has 0 amide bonds. The molecule has 0 unspecified atom stereocenters. The van der Waals surface area contributed by atoms with Gasteiger partial charge in [-0.05, 0) is 30.9 Å². The van der Waals surface area contributed by atoms with Crippen molar-refractivity contribution in [3.05, 3.63) is 22.2 Å². The highest BCUT2D eigenvalue weighted by Crippen LogP contribution is 2.50. The third kappa shape index (κ3) is 4.01. The van der Waals surface area contributed by atoms with E-state index in [1.807, 2.05) is 12.1 Å². The SMILES string of the molecule is COc1ccc(Br)c([C@@H](C2CC2)N2CCNCC2)c1O.Cl.Cl. The minimum absolute atomic E-state index is 0. The highest BCUT2D eigenvalue weighted by atomic mass is 79.9. The molecule has 22 heavy (non-hydrogen) atoms. The third-order valence-corrected chi connectivity index (χ3v) is 4.95. The molecular weight excluding hydrogens is 391 g/mol. The van der Waals surface area contributed by atoms with Crippen LogP contribution in [0.25, 0.3) is 0 Å². The van der Waals surface area contributed by atoms with Crippen molar-refractivity contribution in [2.45, 2.75) is 18.9 Å². The molecule has 1 aliphatic heterocycles. The van der Waals surface area contributed by atoms with E-state index in [9.17, 15) is 5.11 Å². The van der Waals surface area contributed by atoms with E-state index in [0.717, 1.165) is 36.2 Å². The van der Waals surface area contributed by atoms with Crippen LogP contribution in [0.3, 0.4) is 0 Å². The highest BCUT2D eigenvalue weighted by molar-refractivity contribution is 9.10. The van der Waals surface area contributed by atoms with E-state index in [1.165, 1.54) is 12.8 Å². The summed E-state index contributed by atoms with van der Waals surface area (Å²) in [5, 5.41) is 13.9. The van der Waals surface area contributed by atoms with Crippen LogP contribution in [-0.4, -0.2) is 43.3 Å². The lowest BCUT2D eigenvalue weighted by Crippen LogP contribution is -2.45. The fourth-order valence-electron chi connectivity index (χ4n) is 3.10. The Hall–Kier alpha value is -0.200. The number of phenolic OH excluding ortho intramolecular Hbond substituents is 1. The molecule has 2 aliphatic rings. The predicted octanol–water partition coefficient (Wildman–Crippen LogP) is 3.36. The van der Waals surface area contributed by atoms with E-state index in [4.69, 9.17) is 4.74 Å². The number of aromatic hydroxyl groups is 1. The summed E-state index contributed by atoms with van der Waals surface area (Å²) in [6.07, 6.45) is 2.50. The number of hydrogen-bond donors (Lipinski definition) is 2. The van der Waals surface area contributed by atoms with Crippen molar-refractivity contribution in [3.8, 4) is 11.5 Å². The number of ether oxygens (including phenoxy) is 1. The van der Waals surface area contributed by atoms with E-state index < -0.39 is 0 Å². The summed E-state index contributed by atoms with van der Waals surface area (Å²) < 4.78 is 6.25. The van der Waals surface area contributed by atoms with Crippen LogP contribution < -0.4 is 10.1 Å². The average Bonchev–Trinajstić information content (AvgIpc) is 3.29. The van der Waals surface area contributed by atoms with Crippen LogP contribution in [0.4, 0.5) is 0 Å². The lowest BCUT2D eigenvalue weighted by atomic mass is 9.98. The van der Waals surface area contributed by atoms with Crippen LogP contribution in [0, 0.1) is 5.92 Å². The first kappa shape index (κ1) is 19.8. The Morgan fingerprint density at radius 1 is 1.27 bits per heavy atom. The number of hydrogen-bond acceptors (Lipinski definition) is 4. The van der Waals surface area contributed by atoms with Gasteiger partial charge in [0.25, 0.3) is 0 Å². The number of nitrogens with zero attached hydrogens (tertiary/aromatic N) is 1. The molecule has 1 aromatic carbocycles. The van der Waals surface area contributed by atoms with Gasteiger partial charge in [-0.25, -0.2) is 0 Å². The number of phenols is 1. The van der Waals surface area contributed by atoms with Gasteiger partial charge in [-0.3, -0.25) is 4.90 Å². The molecule has 1 saturated heterocycles. The fraction of sp³-hybridized carbons (Fsp3) is 0.600. The van der Waals surface area contributed by atoms with Gasteiger partial charge in [0, 0.05) is 42.3 Å². The maximum absolute atomic E-state index is 10.6. The zero-order chi connectivity index (χ0) is 14.1. The second-order valence-corrected chi connectivity index (χ2v) is 6.43. The molecule has 4 nitrogen and oxygen atoms in total. The summed E-state index contributed by atoms with van der Waals surface area (Å²) in [5.41, 5.74) is 0.994. The Bertz CT molecular complexity index is 495. The molecule has 2 N–H and O–H groups in total. The van der Waals surface area contributed by atoms with Gasteiger partial charge in [0.1, 0.15) is 0 Å². The van der Waals surface area contributed by atoms with Crippen molar-refractivity contribution < 1.29 is 9.84 Å². The van der Waals surface area contributed by atoms with Crippen LogP contribution >= 0.6 is 40.7 Å². The molecule has 1 aromatic rings. The van der Waals surface area contributed by atoms with E-state index in [1.54, 1.807) is 7.11 Å². The maximum Gasteiger partial charge on any atom is 0.163 e. The molecule has 1 saturated carbocycles. The summed E-state index contributed by atoms with van der Waals surface area (Å²) in [4.78, 5) is 2.49. The normalized spacial score (nSPS) is 19.7. The van der Waals surface area contributed by atoms with E-state index in [-0.39, 0.29) is 30.6 Å². The lowest BCUT2D eigenvalue weighted by molar-refractivity contribution is 0.152.